The highest BCUT2D eigenvalue weighted by Gasteiger charge is 2.03. The van der Waals surface area contributed by atoms with Gasteiger partial charge in [0.25, 0.3) is 5.91 Å². The van der Waals surface area contributed by atoms with Gasteiger partial charge in [0.05, 0.1) is 12.4 Å². The molecule has 1 amide bonds. The topological polar surface area (TPSA) is 91.0 Å². The molecule has 0 aliphatic rings. The van der Waals surface area contributed by atoms with Gasteiger partial charge in [-0.3, -0.25) is 9.78 Å². The summed E-state index contributed by atoms with van der Waals surface area (Å²) in [7, 11) is 0. The van der Waals surface area contributed by atoms with Gasteiger partial charge in [-0.15, -0.1) is 0 Å². The highest BCUT2D eigenvalue weighted by Crippen LogP contribution is 2.13. The largest absolute Gasteiger partial charge is 0.481 e. The fourth-order valence-electron chi connectivity index (χ4n) is 1.17. The van der Waals surface area contributed by atoms with Gasteiger partial charge in [0.1, 0.15) is 5.69 Å². The van der Waals surface area contributed by atoms with Crippen LogP contribution in [0.5, 0.6) is 5.75 Å². The number of ether oxygens (including phenoxy) is 1. The minimum absolute atomic E-state index is 0.188. The molecule has 2 heterocycles. The predicted octanol–water partition coefficient (Wildman–Crippen LogP) is 0.403. The van der Waals surface area contributed by atoms with Crippen LogP contribution >= 0.6 is 0 Å². The van der Waals surface area contributed by atoms with E-state index in [9.17, 15) is 4.79 Å². The molecule has 0 aromatic carbocycles. The van der Waals surface area contributed by atoms with Gasteiger partial charge in [-0.2, -0.15) is 0 Å². The Morgan fingerprint density at radius 3 is 2.59 bits per heavy atom. The Kier molecular flexibility index (Phi) is 3.25. The van der Waals surface area contributed by atoms with Gasteiger partial charge < -0.3 is 10.5 Å². The second kappa shape index (κ2) is 5.02. The third-order valence-corrected chi connectivity index (χ3v) is 1.90. The Morgan fingerprint density at radius 1 is 1.24 bits per heavy atom. The van der Waals surface area contributed by atoms with Crippen molar-refractivity contribution in [3.8, 4) is 17.3 Å². The highest BCUT2D eigenvalue weighted by molar-refractivity contribution is 5.75. The number of primary amides is 1. The maximum Gasteiger partial charge on any atom is 0.255 e. The van der Waals surface area contributed by atoms with E-state index in [0.717, 1.165) is 0 Å². The molecular formula is C11H10N4O2. The lowest BCUT2D eigenvalue weighted by molar-refractivity contribution is -0.119. The molecule has 0 radical (unpaired) electrons. The fourth-order valence-corrected chi connectivity index (χ4v) is 1.17. The van der Waals surface area contributed by atoms with Crippen LogP contribution in [-0.4, -0.2) is 27.5 Å². The molecule has 6 nitrogen and oxygen atoms in total. The molecule has 6 heteroatoms. The van der Waals surface area contributed by atoms with Crippen molar-refractivity contribution in [2.24, 2.45) is 5.73 Å². The zero-order valence-corrected chi connectivity index (χ0v) is 8.91. The van der Waals surface area contributed by atoms with Gasteiger partial charge in [0, 0.05) is 6.20 Å². The highest BCUT2D eigenvalue weighted by atomic mass is 16.5. The van der Waals surface area contributed by atoms with Gasteiger partial charge in [-0.25, -0.2) is 9.97 Å². The summed E-state index contributed by atoms with van der Waals surface area (Å²) < 4.78 is 5.04. The van der Waals surface area contributed by atoms with Crippen LogP contribution < -0.4 is 10.5 Å². The lowest BCUT2D eigenvalue weighted by Gasteiger charge is -2.03. The number of nitrogens with two attached hydrogens (primary N) is 1. The minimum Gasteiger partial charge on any atom is -0.481 e. The van der Waals surface area contributed by atoms with Gasteiger partial charge in [0.15, 0.2) is 18.2 Å². The Morgan fingerprint density at radius 2 is 2.00 bits per heavy atom. The lowest BCUT2D eigenvalue weighted by atomic mass is 10.3. The van der Waals surface area contributed by atoms with Gasteiger partial charge in [-0.1, -0.05) is 6.07 Å². The van der Waals surface area contributed by atoms with Crippen molar-refractivity contribution in [2.75, 3.05) is 6.61 Å². The average molecular weight is 230 g/mol. The van der Waals surface area contributed by atoms with Crippen LogP contribution in [0.1, 0.15) is 0 Å². The second-order valence-electron chi connectivity index (χ2n) is 3.21. The standard InChI is InChI=1S/C11H10N4O2/c12-10(16)7-17-8-5-14-11(15-6-8)9-3-1-2-4-13-9/h1-6H,7H2,(H2,12,16). The monoisotopic (exact) mass is 230 g/mol. The maximum atomic E-state index is 10.5. The number of rotatable bonds is 4. The molecule has 17 heavy (non-hydrogen) atoms. The molecule has 2 rings (SSSR count). The molecule has 0 bridgehead atoms. The summed E-state index contributed by atoms with van der Waals surface area (Å²) in [5.41, 5.74) is 5.62. The number of aromatic nitrogens is 3. The summed E-state index contributed by atoms with van der Waals surface area (Å²) in [6.07, 6.45) is 4.61. The normalized spacial score (nSPS) is 9.88. The number of carbonyl (C=O) groups is 1. The van der Waals surface area contributed by atoms with Crippen molar-refractivity contribution in [2.45, 2.75) is 0 Å². The Labute approximate surface area is 97.5 Å². The number of amides is 1. The van der Waals surface area contributed by atoms with Crippen LogP contribution in [0.2, 0.25) is 0 Å². The Bertz CT molecular complexity index is 499. The van der Waals surface area contributed by atoms with E-state index in [-0.39, 0.29) is 6.61 Å². The quantitative estimate of drug-likeness (QED) is 0.821. The molecule has 2 aromatic heterocycles. The minimum atomic E-state index is -0.543. The summed E-state index contributed by atoms with van der Waals surface area (Å²) in [5, 5.41) is 0. The smallest absolute Gasteiger partial charge is 0.255 e. The number of nitrogens with zero attached hydrogens (tertiary/aromatic N) is 3. The molecule has 2 N–H and O–H groups in total. The SMILES string of the molecule is NC(=O)COc1cnc(-c2ccccn2)nc1. The van der Waals surface area contributed by atoms with Crippen molar-refractivity contribution in [3.63, 3.8) is 0 Å². The van der Waals surface area contributed by atoms with E-state index in [4.69, 9.17) is 10.5 Å². The Hall–Kier alpha value is -2.50. The first kappa shape index (κ1) is 11.0. The zero-order chi connectivity index (χ0) is 12.1. The molecule has 86 valence electrons. The molecule has 2 aromatic rings. The van der Waals surface area contributed by atoms with E-state index in [1.54, 1.807) is 12.3 Å². The molecule has 0 fully saturated rings. The fraction of sp³-hybridized carbons (Fsp3) is 0.0909. The van der Waals surface area contributed by atoms with Crippen LogP contribution in [0, 0.1) is 0 Å². The summed E-state index contributed by atoms with van der Waals surface area (Å²) in [6.45, 7) is -0.188. The summed E-state index contributed by atoms with van der Waals surface area (Å²) in [6, 6.07) is 5.47. The first-order chi connectivity index (χ1) is 8.25. The summed E-state index contributed by atoms with van der Waals surface area (Å²) in [5.74, 6) is 0.347. The van der Waals surface area contributed by atoms with Gasteiger partial charge in [0.2, 0.25) is 0 Å². The summed E-state index contributed by atoms with van der Waals surface area (Å²) in [4.78, 5) is 22.8. The van der Waals surface area contributed by atoms with E-state index >= 15 is 0 Å². The van der Waals surface area contributed by atoms with Crippen molar-refractivity contribution >= 4 is 5.91 Å². The summed E-state index contributed by atoms with van der Waals surface area (Å²) >= 11 is 0. The van der Waals surface area contributed by atoms with Crippen molar-refractivity contribution in [3.05, 3.63) is 36.8 Å². The first-order valence-electron chi connectivity index (χ1n) is 4.90. The van der Waals surface area contributed by atoms with E-state index in [0.29, 0.717) is 17.3 Å². The van der Waals surface area contributed by atoms with Crippen LogP contribution in [0.3, 0.4) is 0 Å². The predicted molar refractivity (Wildman–Crippen MR) is 60.0 cm³/mol. The van der Waals surface area contributed by atoms with Crippen molar-refractivity contribution in [1.82, 2.24) is 15.0 Å². The van der Waals surface area contributed by atoms with Crippen molar-refractivity contribution < 1.29 is 9.53 Å². The second-order valence-corrected chi connectivity index (χ2v) is 3.21. The molecule has 0 saturated heterocycles. The number of hydrogen-bond acceptors (Lipinski definition) is 5. The molecule has 0 unspecified atom stereocenters. The number of hydrogen-bond donors (Lipinski definition) is 1. The third kappa shape index (κ3) is 2.97. The van der Waals surface area contributed by atoms with Crippen LogP contribution in [-0.2, 0) is 4.79 Å². The molecule has 0 saturated carbocycles. The maximum absolute atomic E-state index is 10.5. The zero-order valence-electron chi connectivity index (χ0n) is 8.91. The molecule has 0 aliphatic heterocycles. The van der Waals surface area contributed by atoms with E-state index in [1.165, 1.54) is 12.4 Å². The van der Waals surface area contributed by atoms with Crippen LogP contribution in [0.15, 0.2) is 36.8 Å². The number of pyridine rings is 1. The van der Waals surface area contributed by atoms with Gasteiger partial charge >= 0.3 is 0 Å². The van der Waals surface area contributed by atoms with Gasteiger partial charge in [-0.05, 0) is 12.1 Å². The molecule has 0 atom stereocenters. The average Bonchev–Trinajstić information content (AvgIpc) is 2.38. The molecule has 0 aliphatic carbocycles. The van der Waals surface area contributed by atoms with Crippen molar-refractivity contribution in [1.29, 1.82) is 0 Å². The number of carbonyl (C=O) groups excluding carboxylic acids is 1. The van der Waals surface area contributed by atoms with E-state index < -0.39 is 5.91 Å². The first-order valence-corrected chi connectivity index (χ1v) is 4.90. The van der Waals surface area contributed by atoms with Crippen LogP contribution in [0.4, 0.5) is 0 Å². The lowest BCUT2D eigenvalue weighted by Crippen LogP contribution is -2.20. The molecular weight excluding hydrogens is 220 g/mol. The Balaban J connectivity index is 2.11. The third-order valence-electron chi connectivity index (χ3n) is 1.90. The van der Waals surface area contributed by atoms with Crippen LogP contribution in [0.25, 0.3) is 11.5 Å². The molecule has 0 spiro atoms. The van der Waals surface area contributed by atoms with E-state index in [1.807, 2.05) is 12.1 Å². The van der Waals surface area contributed by atoms with E-state index in [2.05, 4.69) is 15.0 Å².